The van der Waals surface area contributed by atoms with Crippen LogP contribution in [-0.2, 0) is 0 Å². The number of hydrogen-bond donors (Lipinski definition) is 1. The predicted octanol–water partition coefficient (Wildman–Crippen LogP) is 4.29. The summed E-state index contributed by atoms with van der Waals surface area (Å²) < 4.78 is 0. The van der Waals surface area contributed by atoms with Gasteiger partial charge in [-0.3, -0.25) is 0 Å². The highest BCUT2D eigenvalue weighted by Gasteiger charge is 1.88. The summed E-state index contributed by atoms with van der Waals surface area (Å²) in [6.07, 6.45) is 15.3. The van der Waals surface area contributed by atoms with Crippen LogP contribution in [0.15, 0.2) is 12.2 Å². The van der Waals surface area contributed by atoms with E-state index in [2.05, 4.69) is 31.3 Å². The number of rotatable bonds is 11. The molecule has 0 atom stereocenters. The third-order valence-corrected chi connectivity index (χ3v) is 2.59. The van der Waals surface area contributed by atoms with Crippen LogP contribution in [0.5, 0.6) is 0 Å². The molecule has 0 aromatic carbocycles. The first-order valence-corrected chi connectivity index (χ1v) is 6.77. The molecule has 90 valence electrons. The van der Waals surface area contributed by atoms with Crippen LogP contribution >= 0.6 is 0 Å². The summed E-state index contributed by atoms with van der Waals surface area (Å²) in [7, 11) is 0. The SMILES string of the molecule is CCCC=CCNCCCCCCCC. The van der Waals surface area contributed by atoms with Crippen LogP contribution in [0.1, 0.15) is 65.2 Å². The maximum absolute atomic E-state index is 3.45. The summed E-state index contributed by atoms with van der Waals surface area (Å²) >= 11 is 0. The Kier molecular flexibility index (Phi) is 13.4. The summed E-state index contributed by atoms with van der Waals surface area (Å²) in [6.45, 7) is 6.72. The maximum atomic E-state index is 3.45. The fourth-order valence-corrected chi connectivity index (χ4v) is 1.58. The normalized spacial score (nSPS) is 11.3. The minimum atomic E-state index is 1.05. The van der Waals surface area contributed by atoms with Crippen molar-refractivity contribution < 1.29 is 0 Å². The van der Waals surface area contributed by atoms with Crippen molar-refractivity contribution in [3.05, 3.63) is 12.2 Å². The second-order valence-corrected chi connectivity index (χ2v) is 4.23. The molecule has 0 saturated carbocycles. The van der Waals surface area contributed by atoms with Gasteiger partial charge in [0.05, 0.1) is 0 Å². The second kappa shape index (κ2) is 13.7. The zero-order valence-electron chi connectivity index (χ0n) is 10.7. The molecule has 0 spiro atoms. The van der Waals surface area contributed by atoms with Gasteiger partial charge in [-0.05, 0) is 19.4 Å². The molecular weight excluding hydrogens is 182 g/mol. The monoisotopic (exact) mass is 211 g/mol. The van der Waals surface area contributed by atoms with E-state index in [0.717, 1.165) is 6.54 Å². The summed E-state index contributed by atoms with van der Waals surface area (Å²) in [4.78, 5) is 0. The molecular formula is C14H29N. The highest BCUT2D eigenvalue weighted by atomic mass is 14.8. The van der Waals surface area contributed by atoms with Gasteiger partial charge in [0.15, 0.2) is 0 Å². The summed E-state index contributed by atoms with van der Waals surface area (Å²) in [5.74, 6) is 0. The molecule has 0 amide bonds. The lowest BCUT2D eigenvalue weighted by molar-refractivity contribution is 0.585. The second-order valence-electron chi connectivity index (χ2n) is 4.23. The van der Waals surface area contributed by atoms with E-state index >= 15 is 0 Å². The quantitative estimate of drug-likeness (QED) is 0.397. The first-order chi connectivity index (χ1) is 7.41. The van der Waals surface area contributed by atoms with Gasteiger partial charge in [-0.15, -0.1) is 0 Å². The lowest BCUT2D eigenvalue weighted by Crippen LogP contribution is -2.14. The van der Waals surface area contributed by atoms with Crippen LogP contribution in [0.2, 0.25) is 0 Å². The van der Waals surface area contributed by atoms with E-state index in [1.165, 1.54) is 57.9 Å². The smallest absolute Gasteiger partial charge is 0.0134 e. The zero-order valence-corrected chi connectivity index (χ0v) is 10.7. The molecule has 15 heavy (non-hydrogen) atoms. The number of unbranched alkanes of at least 4 members (excludes halogenated alkanes) is 6. The fraction of sp³-hybridized carbons (Fsp3) is 0.857. The van der Waals surface area contributed by atoms with E-state index in [1.54, 1.807) is 0 Å². The van der Waals surface area contributed by atoms with Crippen molar-refractivity contribution in [2.24, 2.45) is 0 Å². The topological polar surface area (TPSA) is 12.0 Å². The van der Waals surface area contributed by atoms with Crippen molar-refractivity contribution in [1.29, 1.82) is 0 Å². The molecule has 0 fully saturated rings. The van der Waals surface area contributed by atoms with E-state index in [9.17, 15) is 0 Å². The standard InChI is InChI=1S/C14H29N/c1-3-5-7-9-10-12-14-15-13-11-8-6-4-2/h8,11,15H,3-7,9-10,12-14H2,1-2H3. The minimum absolute atomic E-state index is 1.05. The Morgan fingerprint density at radius 2 is 1.53 bits per heavy atom. The van der Waals surface area contributed by atoms with Crippen molar-refractivity contribution in [3.8, 4) is 0 Å². The van der Waals surface area contributed by atoms with Crippen LogP contribution in [0.25, 0.3) is 0 Å². The molecule has 0 unspecified atom stereocenters. The van der Waals surface area contributed by atoms with Crippen molar-refractivity contribution in [2.75, 3.05) is 13.1 Å². The highest BCUT2D eigenvalue weighted by Crippen LogP contribution is 2.03. The molecule has 0 aromatic heterocycles. The van der Waals surface area contributed by atoms with Crippen molar-refractivity contribution in [2.45, 2.75) is 65.2 Å². The Labute approximate surface area is 96.3 Å². The van der Waals surface area contributed by atoms with Gasteiger partial charge in [0.1, 0.15) is 0 Å². The molecule has 1 nitrogen and oxygen atoms in total. The van der Waals surface area contributed by atoms with Crippen molar-refractivity contribution in [3.63, 3.8) is 0 Å². The summed E-state index contributed by atoms with van der Waals surface area (Å²) in [5.41, 5.74) is 0. The van der Waals surface area contributed by atoms with Gasteiger partial charge < -0.3 is 5.32 Å². The Morgan fingerprint density at radius 3 is 2.27 bits per heavy atom. The molecule has 1 N–H and O–H groups in total. The number of allylic oxidation sites excluding steroid dienone is 1. The Hall–Kier alpha value is -0.300. The van der Waals surface area contributed by atoms with Gasteiger partial charge in [0, 0.05) is 6.54 Å². The largest absolute Gasteiger partial charge is 0.313 e. The van der Waals surface area contributed by atoms with Gasteiger partial charge in [0.25, 0.3) is 0 Å². The third kappa shape index (κ3) is 13.7. The highest BCUT2D eigenvalue weighted by molar-refractivity contribution is 4.82. The minimum Gasteiger partial charge on any atom is -0.313 e. The van der Waals surface area contributed by atoms with E-state index in [0.29, 0.717) is 0 Å². The molecule has 1 heteroatoms. The van der Waals surface area contributed by atoms with E-state index < -0.39 is 0 Å². The van der Waals surface area contributed by atoms with E-state index in [-0.39, 0.29) is 0 Å². The molecule has 0 heterocycles. The van der Waals surface area contributed by atoms with Gasteiger partial charge in [-0.1, -0.05) is 64.5 Å². The molecule has 0 aliphatic rings. The van der Waals surface area contributed by atoms with Crippen molar-refractivity contribution >= 4 is 0 Å². The van der Waals surface area contributed by atoms with Gasteiger partial charge in [-0.25, -0.2) is 0 Å². The van der Waals surface area contributed by atoms with Crippen LogP contribution in [-0.4, -0.2) is 13.1 Å². The maximum Gasteiger partial charge on any atom is 0.0134 e. The fourth-order valence-electron chi connectivity index (χ4n) is 1.58. The van der Waals surface area contributed by atoms with E-state index in [1.807, 2.05) is 0 Å². The third-order valence-electron chi connectivity index (χ3n) is 2.59. The van der Waals surface area contributed by atoms with Gasteiger partial charge in [-0.2, -0.15) is 0 Å². The van der Waals surface area contributed by atoms with Gasteiger partial charge in [0.2, 0.25) is 0 Å². The van der Waals surface area contributed by atoms with Gasteiger partial charge >= 0.3 is 0 Å². The molecule has 0 rings (SSSR count). The Bertz CT molecular complexity index is 129. The Morgan fingerprint density at radius 1 is 0.800 bits per heavy atom. The lowest BCUT2D eigenvalue weighted by Gasteiger charge is -2.01. The van der Waals surface area contributed by atoms with Crippen LogP contribution in [0.4, 0.5) is 0 Å². The zero-order chi connectivity index (χ0) is 11.2. The molecule has 0 bridgehead atoms. The predicted molar refractivity (Wildman–Crippen MR) is 70.3 cm³/mol. The first-order valence-electron chi connectivity index (χ1n) is 6.77. The van der Waals surface area contributed by atoms with Crippen LogP contribution in [0.3, 0.4) is 0 Å². The van der Waals surface area contributed by atoms with Crippen molar-refractivity contribution in [1.82, 2.24) is 5.32 Å². The number of hydrogen-bond acceptors (Lipinski definition) is 1. The molecule has 0 saturated heterocycles. The molecule has 0 radical (unpaired) electrons. The summed E-state index contributed by atoms with van der Waals surface area (Å²) in [5, 5.41) is 3.45. The molecule has 0 aliphatic heterocycles. The first kappa shape index (κ1) is 14.7. The lowest BCUT2D eigenvalue weighted by atomic mass is 10.1. The van der Waals surface area contributed by atoms with Crippen LogP contribution < -0.4 is 5.32 Å². The Balaban J connectivity index is 2.92. The number of nitrogens with one attached hydrogen (secondary N) is 1. The summed E-state index contributed by atoms with van der Waals surface area (Å²) in [6, 6.07) is 0. The van der Waals surface area contributed by atoms with E-state index in [4.69, 9.17) is 0 Å². The average molecular weight is 211 g/mol. The van der Waals surface area contributed by atoms with Crippen LogP contribution in [0, 0.1) is 0 Å². The average Bonchev–Trinajstić information content (AvgIpc) is 2.26. The molecule has 0 aliphatic carbocycles. The molecule has 0 aromatic rings.